The number of hydrogen-bond donors (Lipinski definition) is 0. The summed E-state index contributed by atoms with van der Waals surface area (Å²) in [6.45, 7) is 5.21. The summed E-state index contributed by atoms with van der Waals surface area (Å²) in [5.41, 5.74) is 1.43. The number of hydrogen-bond acceptors (Lipinski definition) is 2. The van der Waals surface area contributed by atoms with Gasteiger partial charge in [-0.05, 0) is 12.3 Å². The van der Waals surface area contributed by atoms with E-state index in [1.165, 1.54) is 5.57 Å². The standard InChI is InChI=1S/C13H22O2/c1-10-6-5-7-12(15-4)8-13(10)11(2)9-14-3/h5-6,8,10-12H,7,9H2,1-4H3/t10?,11-,12?/m0/s1. The highest BCUT2D eigenvalue weighted by Gasteiger charge is 2.18. The van der Waals surface area contributed by atoms with Crippen molar-refractivity contribution in [1.82, 2.24) is 0 Å². The first-order valence-electron chi connectivity index (χ1n) is 5.59. The Balaban J connectivity index is 2.79. The Bertz CT molecular complexity index is 243. The second-order valence-electron chi connectivity index (χ2n) is 4.25. The van der Waals surface area contributed by atoms with Gasteiger partial charge >= 0.3 is 0 Å². The van der Waals surface area contributed by atoms with Gasteiger partial charge < -0.3 is 9.47 Å². The van der Waals surface area contributed by atoms with E-state index < -0.39 is 0 Å². The molecule has 0 aliphatic heterocycles. The lowest BCUT2D eigenvalue weighted by atomic mass is 9.90. The largest absolute Gasteiger partial charge is 0.384 e. The molecular weight excluding hydrogens is 188 g/mol. The smallest absolute Gasteiger partial charge is 0.0789 e. The highest BCUT2D eigenvalue weighted by Crippen LogP contribution is 2.26. The highest BCUT2D eigenvalue weighted by atomic mass is 16.5. The van der Waals surface area contributed by atoms with Gasteiger partial charge in [-0.15, -0.1) is 0 Å². The van der Waals surface area contributed by atoms with Crippen LogP contribution in [0.5, 0.6) is 0 Å². The summed E-state index contributed by atoms with van der Waals surface area (Å²) in [5.74, 6) is 0.959. The highest BCUT2D eigenvalue weighted by molar-refractivity contribution is 5.20. The molecule has 0 saturated heterocycles. The molecule has 0 N–H and O–H groups in total. The quantitative estimate of drug-likeness (QED) is 0.664. The molecule has 0 heterocycles. The van der Waals surface area contributed by atoms with Crippen LogP contribution in [0.25, 0.3) is 0 Å². The molecule has 0 aromatic rings. The normalized spacial score (nSPS) is 28.4. The van der Waals surface area contributed by atoms with Gasteiger partial charge in [0.25, 0.3) is 0 Å². The Morgan fingerprint density at radius 3 is 2.80 bits per heavy atom. The van der Waals surface area contributed by atoms with Crippen molar-refractivity contribution >= 4 is 0 Å². The third-order valence-electron chi connectivity index (χ3n) is 2.99. The van der Waals surface area contributed by atoms with Gasteiger partial charge in [-0.3, -0.25) is 0 Å². The monoisotopic (exact) mass is 210 g/mol. The Morgan fingerprint density at radius 2 is 2.20 bits per heavy atom. The second kappa shape index (κ2) is 6.09. The number of allylic oxidation sites excluding steroid dienone is 1. The van der Waals surface area contributed by atoms with Crippen molar-refractivity contribution in [3.63, 3.8) is 0 Å². The lowest BCUT2D eigenvalue weighted by molar-refractivity contribution is 0.140. The average Bonchev–Trinajstić information content (AvgIpc) is 2.40. The van der Waals surface area contributed by atoms with E-state index in [1.54, 1.807) is 14.2 Å². The first-order valence-corrected chi connectivity index (χ1v) is 5.59. The van der Waals surface area contributed by atoms with Gasteiger partial charge in [-0.1, -0.05) is 37.6 Å². The van der Waals surface area contributed by atoms with E-state index in [4.69, 9.17) is 9.47 Å². The Hall–Kier alpha value is -0.600. The minimum atomic E-state index is 0.223. The predicted molar refractivity (Wildman–Crippen MR) is 62.8 cm³/mol. The fraction of sp³-hybridized carbons (Fsp3) is 0.692. The fourth-order valence-electron chi connectivity index (χ4n) is 2.09. The summed E-state index contributed by atoms with van der Waals surface area (Å²) >= 11 is 0. The molecule has 3 atom stereocenters. The van der Waals surface area contributed by atoms with E-state index in [0.29, 0.717) is 11.8 Å². The van der Waals surface area contributed by atoms with Crippen molar-refractivity contribution in [1.29, 1.82) is 0 Å². The zero-order chi connectivity index (χ0) is 11.3. The third-order valence-corrected chi connectivity index (χ3v) is 2.99. The molecule has 2 unspecified atom stereocenters. The molecule has 0 radical (unpaired) electrons. The average molecular weight is 210 g/mol. The molecule has 0 fully saturated rings. The van der Waals surface area contributed by atoms with Crippen molar-refractivity contribution in [3.8, 4) is 0 Å². The molecule has 86 valence electrons. The van der Waals surface area contributed by atoms with Crippen LogP contribution in [0.3, 0.4) is 0 Å². The van der Waals surface area contributed by atoms with E-state index >= 15 is 0 Å². The van der Waals surface area contributed by atoms with Crippen LogP contribution in [0.2, 0.25) is 0 Å². The maximum absolute atomic E-state index is 5.41. The van der Waals surface area contributed by atoms with E-state index in [0.717, 1.165) is 13.0 Å². The van der Waals surface area contributed by atoms with Crippen LogP contribution in [0.4, 0.5) is 0 Å². The van der Waals surface area contributed by atoms with Gasteiger partial charge in [0.2, 0.25) is 0 Å². The Kier molecular flexibility index (Phi) is 5.06. The predicted octanol–water partition coefficient (Wildman–Crippen LogP) is 2.81. The molecular formula is C13H22O2. The summed E-state index contributed by atoms with van der Waals surface area (Å²) in [6.07, 6.45) is 7.93. The zero-order valence-corrected chi connectivity index (χ0v) is 10.2. The SMILES string of the molecule is COC[C@H](C)C1=CC(OC)CC=CC1C. The third kappa shape index (κ3) is 3.47. The van der Waals surface area contributed by atoms with Crippen molar-refractivity contribution in [2.24, 2.45) is 11.8 Å². The summed E-state index contributed by atoms with van der Waals surface area (Å²) in [4.78, 5) is 0. The van der Waals surface area contributed by atoms with Crippen LogP contribution in [-0.2, 0) is 9.47 Å². The molecule has 0 bridgehead atoms. The molecule has 0 amide bonds. The van der Waals surface area contributed by atoms with Gasteiger partial charge in [-0.2, -0.15) is 0 Å². The van der Waals surface area contributed by atoms with Crippen LogP contribution in [0, 0.1) is 11.8 Å². The van der Waals surface area contributed by atoms with E-state index in [-0.39, 0.29) is 6.10 Å². The van der Waals surface area contributed by atoms with Crippen molar-refractivity contribution in [2.45, 2.75) is 26.4 Å². The lowest BCUT2D eigenvalue weighted by Crippen LogP contribution is -2.14. The Morgan fingerprint density at radius 1 is 1.47 bits per heavy atom. The minimum Gasteiger partial charge on any atom is -0.384 e. The van der Waals surface area contributed by atoms with Crippen molar-refractivity contribution in [2.75, 3.05) is 20.8 Å². The summed E-state index contributed by atoms with van der Waals surface area (Å²) in [5, 5.41) is 0. The molecule has 1 aliphatic carbocycles. The van der Waals surface area contributed by atoms with Crippen molar-refractivity contribution < 1.29 is 9.47 Å². The molecule has 15 heavy (non-hydrogen) atoms. The molecule has 0 saturated carbocycles. The van der Waals surface area contributed by atoms with Gasteiger partial charge in [0.05, 0.1) is 12.7 Å². The zero-order valence-electron chi connectivity index (χ0n) is 10.2. The van der Waals surface area contributed by atoms with Crippen molar-refractivity contribution in [3.05, 3.63) is 23.8 Å². The maximum atomic E-state index is 5.41. The molecule has 0 spiro atoms. The van der Waals surface area contributed by atoms with Crippen LogP contribution >= 0.6 is 0 Å². The maximum Gasteiger partial charge on any atom is 0.0789 e. The topological polar surface area (TPSA) is 18.5 Å². The van der Waals surface area contributed by atoms with E-state index in [9.17, 15) is 0 Å². The summed E-state index contributed by atoms with van der Waals surface area (Å²) < 4.78 is 10.6. The Labute approximate surface area is 93.0 Å². The van der Waals surface area contributed by atoms with Gasteiger partial charge in [-0.25, -0.2) is 0 Å². The molecule has 0 aromatic carbocycles. The molecule has 2 nitrogen and oxygen atoms in total. The van der Waals surface area contributed by atoms with Crippen LogP contribution < -0.4 is 0 Å². The molecule has 0 aromatic heterocycles. The van der Waals surface area contributed by atoms with Crippen LogP contribution in [0.15, 0.2) is 23.8 Å². The van der Waals surface area contributed by atoms with Gasteiger partial charge in [0.1, 0.15) is 0 Å². The minimum absolute atomic E-state index is 0.223. The van der Waals surface area contributed by atoms with Crippen LogP contribution in [-0.4, -0.2) is 26.9 Å². The summed E-state index contributed by atoms with van der Waals surface area (Å²) in [6, 6.07) is 0. The van der Waals surface area contributed by atoms with E-state index in [1.807, 2.05) is 0 Å². The summed E-state index contributed by atoms with van der Waals surface area (Å²) in [7, 11) is 3.52. The molecule has 1 rings (SSSR count). The first-order chi connectivity index (χ1) is 7.19. The molecule has 1 aliphatic rings. The van der Waals surface area contributed by atoms with Crippen LogP contribution in [0.1, 0.15) is 20.3 Å². The second-order valence-corrected chi connectivity index (χ2v) is 4.25. The van der Waals surface area contributed by atoms with Gasteiger partial charge in [0, 0.05) is 20.1 Å². The van der Waals surface area contributed by atoms with Gasteiger partial charge in [0.15, 0.2) is 0 Å². The number of rotatable bonds is 4. The first kappa shape index (κ1) is 12.5. The fourth-order valence-corrected chi connectivity index (χ4v) is 2.09. The number of methoxy groups -OCH3 is 2. The molecule has 2 heteroatoms. The lowest BCUT2D eigenvalue weighted by Gasteiger charge is -2.20. The number of ether oxygens (including phenoxy) is 2. The van der Waals surface area contributed by atoms with E-state index in [2.05, 4.69) is 32.1 Å².